The van der Waals surface area contributed by atoms with Crippen molar-refractivity contribution in [2.75, 3.05) is 7.11 Å². The standard InChI is InChI=1S/C15H11N3O9/c1-26-14-8-11(17(22)23)4-5-13(14)27-15(19)6-9-2-3-10(16(20)21)7-12(9)18(24)25/h2-5,7-8H,6H2,1H3. The summed E-state index contributed by atoms with van der Waals surface area (Å²) in [7, 11) is 1.22. The molecule has 0 unspecified atom stereocenters. The average molecular weight is 377 g/mol. The van der Waals surface area contributed by atoms with Gasteiger partial charge >= 0.3 is 5.97 Å². The van der Waals surface area contributed by atoms with Gasteiger partial charge in [0.1, 0.15) is 0 Å². The van der Waals surface area contributed by atoms with Crippen molar-refractivity contribution in [2.24, 2.45) is 0 Å². The number of carbonyl (C=O) groups excluding carboxylic acids is 1. The van der Waals surface area contributed by atoms with Gasteiger partial charge in [-0.25, -0.2) is 0 Å². The normalized spacial score (nSPS) is 10.1. The van der Waals surface area contributed by atoms with E-state index in [1.165, 1.54) is 7.11 Å². The summed E-state index contributed by atoms with van der Waals surface area (Å²) in [6.45, 7) is 0. The van der Waals surface area contributed by atoms with Gasteiger partial charge in [0.25, 0.3) is 17.1 Å². The van der Waals surface area contributed by atoms with E-state index < -0.39 is 38.5 Å². The van der Waals surface area contributed by atoms with Gasteiger partial charge in [0.15, 0.2) is 11.5 Å². The summed E-state index contributed by atoms with van der Waals surface area (Å²) in [5.41, 5.74) is -1.46. The van der Waals surface area contributed by atoms with Crippen LogP contribution in [-0.2, 0) is 11.2 Å². The number of carbonyl (C=O) groups is 1. The van der Waals surface area contributed by atoms with Crippen LogP contribution in [0.25, 0.3) is 0 Å². The molecule has 0 aliphatic rings. The Bertz CT molecular complexity index is 942. The smallest absolute Gasteiger partial charge is 0.316 e. The predicted molar refractivity (Wildman–Crippen MR) is 88.7 cm³/mol. The monoisotopic (exact) mass is 377 g/mol. The topological polar surface area (TPSA) is 165 Å². The van der Waals surface area contributed by atoms with Gasteiger partial charge in [-0.1, -0.05) is 0 Å². The number of methoxy groups -OCH3 is 1. The molecule has 2 rings (SSSR count). The van der Waals surface area contributed by atoms with Crippen LogP contribution < -0.4 is 9.47 Å². The van der Waals surface area contributed by atoms with E-state index in [2.05, 4.69) is 0 Å². The molecule has 0 aliphatic heterocycles. The number of non-ortho nitro benzene ring substituents is 2. The van der Waals surface area contributed by atoms with E-state index in [0.29, 0.717) is 0 Å². The molecule has 0 spiro atoms. The number of nitro groups is 3. The number of nitro benzene ring substituents is 3. The Balaban J connectivity index is 2.25. The van der Waals surface area contributed by atoms with Crippen molar-refractivity contribution < 1.29 is 29.0 Å². The first-order chi connectivity index (χ1) is 12.7. The highest BCUT2D eigenvalue weighted by atomic mass is 16.6. The molecule has 0 atom stereocenters. The van der Waals surface area contributed by atoms with Crippen LogP contribution in [0.15, 0.2) is 36.4 Å². The Morgan fingerprint density at radius 1 is 0.889 bits per heavy atom. The Morgan fingerprint density at radius 2 is 1.48 bits per heavy atom. The van der Waals surface area contributed by atoms with Crippen LogP contribution in [0.4, 0.5) is 17.1 Å². The Morgan fingerprint density at radius 3 is 2.04 bits per heavy atom. The molecule has 27 heavy (non-hydrogen) atoms. The molecule has 0 amide bonds. The lowest BCUT2D eigenvalue weighted by molar-refractivity contribution is -0.394. The quantitative estimate of drug-likeness (QED) is 0.305. The van der Waals surface area contributed by atoms with E-state index >= 15 is 0 Å². The third kappa shape index (κ3) is 4.50. The van der Waals surface area contributed by atoms with Crippen LogP contribution in [0.2, 0.25) is 0 Å². The number of rotatable bonds is 7. The summed E-state index contributed by atoms with van der Waals surface area (Å²) in [5, 5.41) is 32.6. The van der Waals surface area contributed by atoms with Gasteiger partial charge in [-0.05, 0) is 12.1 Å². The van der Waals surface area contributed by atoms with Gasteiger partial charge in [0.05, 0.1) is 40.4 Å². The second kappa shape index (κ2) is 7.86. The van der Waals surface area contributed by atoms with Gasteiger partial charge in [-0.3, -0.25) is 35.1 Å². The maximum absolute atomic E-state index is 12.1. The maximum Gasteiger partial charge on any atom is 0.316 e. The molecule has 0 fully saturated rings. The number of ether oxygens (including phenoxy) is 2. The van der Waals surface area contributed by atoms with Crippen LogP contribution in [0.3, 0.4) is 0 Å². The van der Waals surface area contributed by atoms with E-state index in [4.69, 9.17) is 9.47 Å². The second-order valence-electron chi connectivity index (χ2n) is 5.07. The molecule has 0 bridgehead atoms. The molecular formula is C15H11N3O9. The number of nitrogens with zero attached hydrogens (tertiary/aromatic N) is 3. The SMILES string of the molecule is COc1cc([N+](=O)[O-])ccc1OC(=O)Cc1ccc([N+](=O)[O-])cc1[N+](=O)[O-]. The minimum absolute atomic E-state index is 0.0734. The molecule has 2 aromatic carbocycles. The summed E-state index contributed by atoms with van der Waals surface area (Å²) in [6, 6.07) is 6.16. The highest BCUT2D eigenvalue weighted by Gasteiger charge is 2.23. The molecule has 12 nitrogen and oxygen atoms in total. The van der Waals surface area contributed by atoms with E-state index in [-0.39, 0.29) is 22.7 Å². The lowest BCUT2D eigenvalue weighted by Crippen LogP contribution is -2.13. The van der Waals surface area contributed by atoms with Crippen molar-refractivity contribution in [1.82, 2.24) is 0 Å². The fourth-order valence-electron chi connectivity index (χ4n) is 2.15. The van der Waals surface area contributed by atoms with Crippen LogP contribution in [0, 0.1) is 30.3 Å². The molecule has 0 radical (unpaired) electrons. The largest absolute Gasteiger partial charge is 0.493 e. The lowest BCUT2D eigenvalue weighted by atomic mass is 10.1. The molecule has 0 aliphatic carbocycles. The van der Waals surface area contributed by atoms with Gasteiger partial charge in [-0.15, -0.1) is 0 Å². The van der Waals surface area contributed by atoms with E-state index in [9.17, 15) is 35.1 Å². The Labute approximate surface area is 150 Å². The maximum atomic E-state index is 12.1. The fraction of sp³-hybridized carbons (Fsp3) is 0.133. The molecule has 12 heteroatoms. The van der Waals surface area contributed by atoms with Crippen molar-refractivity contribution >= 4 is 23.0 Å². The third-order valence-electron chi connectivity index (χ3n) is 3.39. The molecule has 0 heterocycles. The van der Waals surface area contributed by atoms with Crippen molar-refractivity contribution in [2.45, 2.75) is 6.42 Å². The Hall–Kier alpha value is -4.09. The van der Waals surface area contributed by atoms with Gasteiger partial charge < -0.3 is 9.47 Å². The minimum Gasteiger partial charge on any atom is -0.493 e. The summed E-state index contributed by atoms with van der Waals surface area (Å²) in [4.78, 5) is 42.4. The number of hydrogen-bond donors (Lipinski definition) is 0. The number of benzene rings is 2. The first-order valence-electron chi connectivity index (χ1n) is 7.17. The summed E-state index contributed by atoms with van der Waals surface area (Å²) < 4.78 is 9.97. The zero-order chi connectivity index (χ0) is 20.1. The van der Waals surface area contributed by atoms with Crippen molar-refractivity contribution in [3.8, 4) is 11.5 Å². The van der Waals surface area contributed by atoms with E-state index in [1.807, 2.05) is 0 Å². The molecule has 0 saturated heterocycles. The second-order valence-corrected chi connectivity index (χ2v) is 5.07. The van der Waals surface area contributed by atoms with Crippen LogP contribution in [-0.4, -0.2) is 27.8 Å². The molecule has 0 saturated carbocycles. The van der Waals surface area contributed by atoms with Crippen LogP contribution in [0.5, 0.6) is 11.5 Å². The van der Waals surface area contributed by atoms with E-state index in [1.54, 1.807) is 0 Å². The zero-order valence-corrected chi connectivity index (χ0v) is 13.7. The van der Waals surface area contributed by atoms with Gasteiger partial charge in [0, 0.05) is 17.7 Å². The Kier molecular flexibility index (Phi) is 5.60. The van der Waals surface area contributed by atoms with Crippen molar-refractivity contribution in [3.05, 3.63) is 72.3 Å². The summed E-state index contributed by atoms with van der Waals surface area (Å²) >= 11 is 0. The van der Waals surface area contributed by atoms with Gasteiger partial charge in [0.2, 0.25) is 0 Å². The molecule has 2 aromatic rings. The van der Waals surface area contributed by atoms with E-state index in [0.717, 1.165) is 36.4 Å². The highest BCUT2D eigenvalue weighted by Crippen LogP contribution is 2.32. The molecule has 140 valence electrons. The molecule has 0 N–H and O–H groups in total. The van der Waals surface area contributed by atoms with Crippen molar-refractivity contribution in [1.29, 1.82) is 0 Å². The zero-order valence-electron chi connectivity index (χ0n) is 13.7. The average Bonchev–Trinajstić information content (AvgIpc) is 2.61. The van der Waals surface area contributed by atoms with Gasteiger partial charge in [-0.2, -0.15) is 0 Å². The lowest BCUT2D eigenvalue weighted by Gasteiger charge is -2.09. The predicted octanol–water partition coefficient (Wildman–Crippen LogP) is 2.57. The third-order valence-corrected chi connectivity index (χ3v) is 3.39. The minimum atomic E-state index is -0.917. The van der Waals surface area contributed by atoms with Crippen LogP contribution >= 0.6 is 0 Å². The first kappa shape index (κ1) is 19.2. The highest BCUT2D eigenvalue weighted by molar-refractivity contribution is 5.77. The van der Waals surface area contributed by atoms with Crippen LogP contribution in [0.1, 0.15) is 5.56 Å². The first-order valence-corrected chi connectivity index (χ1v) is 7.17. The van der Waals surface area contributed by atoms with Crippen molar-refractivity contribution in [3.63, 3.8) is 0 Å². The summed E-state index contributed by atoms with van der Waals surface area (Å²) in [6.07, 6.45) is -0.547. The summed E-state index contributed by atoms with van der Waals surface area (Å²) in [5.74, 6) is -1.10. The fourth-order valence-corrected chi connectivity index (χ4v) is 2.15. The molecule has 0 aromatic heterocycles. The number of hydrogen-bond acceptors (Lipinski definition) is 9. The molecular weight excluding hydrogens is 366 g/mol. The number of esters is 1.